The molecule has 2 aliphatic carbocycles. The van der Waals surface area contributed by atoms with Gasteiger partial charge in [0.25, 0.3) is 0 Å². The third kappa shape index (κ3) is 3.65. The second-order valence-electron chi connectivity index (χ2n) is 10.3. The van der Waals surface area contributed by atoms with Crippen LogP contribution in [0, 0.1) is 22.7 Å². The van der Waals surface area contributed by atoms with E-state index in [4.69, 9.17) is 0 Å². The quantitative estimate of drug-likeness (QED) is 0.587. The Morgan fingerprint density at radius 1 is 1.31 bits per heavy atom. The molecule has 1 aromatic rings. The van der Waals surface area contributed by atoms with Gasteiger partial charge in [0.1, 0.15) is 0 Å². The number of carbonyl (C=O) groups is 1. The predicted octanol–water partition coefficient (Wildman–Crippen LogP) is 4.40. The van der Waals surface area contributed by atoms with Gasteiger partial charge in [0.05, 0.1) is 23.8 Å². The number of benzene rings is 1. The summed E-state index contributed by atoms with van der Waals surface area (Å²) in [5.41, 5.74) is 0.635. The highest BCUT2D eigenvalue weighted by atomic mass is 32.2. The van der Waals surface area contributed by atoms with E-state index >= 15 is 0 Å². The van der Waals surface area contributed by atoms with E-state index in [-0.39, 0.29) is 29.0 Å². The fourth-order valence-corrected chi connectivity index (χ4v) is 9.18. The zero-order valence-electron chi connectivity index (χ0n) is 19.1. The van der Waals surface area contributed by atoms with Crippen LogP contribution < -0.4 is 0 Å². The Labute approximate surface area is 192 Å². The Morgan fingerprint density at radius 3 is 2.69 bits per heavy atom. The van der Waals surface area contributed by atoms with E-state index < -0.39 is 28.0 Å². The molecule has 0 aromatic heterocycles. The van der Waals surface area contributed by atoms with E-state index in [1.54, 1.807) is 6.08 Å². The molecule has 0 unspecified atom stereocenters. The second kappa shape index (κ2) is 8.45. The number of hydrogen-bond donors (Lipinski definition) is 1. The number of amides is 1. The molecule has 3 aliphatic rings. The highest BCUT2D eigenvalue weighted by Gasteiger charge is 2.72. The molecule has 1 aromatic carbocycles. The summed E-state index contributed by atoms with van der Waals surface area (Å²) < 4.78 is 27.6. The first kappa shape index (κ1) is 23.2. The van der Waals surface area contributed by atoms with Crippen molar-refractivity contribution in [1.29, 1.82) is 0 Å². The smallest absolute Gasteiger partial charge is 0.242 e. The van der Waals surface area contributed by atoms with Crippen LogP contribution in [0.2, 0.25) is 0 Å². The lowest BCUT2D eigenvalue weighted by atomic mass is 9.69. The van der Waals surface area contributed by atoms with Gasteiger partial charge in [-0.1, -0.05) is 62.4 Å². The van der Waals surface area contributed by atoms with Gasteiger partial charge in [0, 0.05) is 5.41 Å². The molecule has 2 saturated carbocycles. The monoisotopic (exact) mass is 457 g/mol. The highest BCUT2D eigenvalue weighted by Crippen LogP contribution is 2.70. The van der Waals surface area contributed by atoms with Crippen molar-refractivity contribution >= 4 is 22.0 Å². The van der Waals surface area contributed by atoms with Gasteiger partial charge in [-0.25, -0.2) is 12.7 Å². The Balaban J connectivity index is 1.49. The van der Waals surface area contributed by atoms with Gasteiger partial charge in [-0.15, -0.1) is 6.58 Å². The molecule has 4 rings (SSSR count). The number of aliphatic hydroxyl groups excluding tert-OH is 1. The van der Waals surface area contributed by atoms with Crippen molar-refractivity contribution in [2.24, 2.45) is 22.7 Å². The molecule has 2 bridgehead atoms. The molecule has 1 saturated heterocycles. The van der Waals surface area contributed by atoms with Crippen LogP contribution >= 0.6 is 0 Å². The fourth-order valence-electron chi connectivity index (χ4n) is 6.60. The molecule has 5 nitrogen and oxygen atoms in total. The van der Waals surface area contributed by atoms with Gasteiger partial charge in [-0.2, -0.15) is 0 Å². The second-order valence-corrected chi connectivity index (χ2v) is 12.2. The van der Waals surface area contributed by atoms with E-state index in [0.717, 1.165) is 24.8 Å². The maximum absolute atomic E-state index is 13.6. The van der Waals surface area contributed by atoms with E-state index in [0.29, 0.717) is 18.8 Å². The number of nitrogens with zero attached hydrogens (tertiary/aromatic N) is 1. The number of carbonyl (C=O) groups excluding carboxylic acids is 1. The summed E-state index contributed by atoms with van der Waals surface area (Å²) in [6, 6.07) is 9.62. The SMILES string of the molecule is C=CC[C@@H](C(=O)N1[C@@H]2C[C@H]3CC[C@]2(CS1(=O)=O)C3(C)C)[C@@H](O)CC/C=C\c1ccccc1. The third-order valence-electron chi connectivity index (χ3n) is 8.57. The van der Waals surface area contributed by atoms with Crippen molar-refractivity contribution in [3.63, 3.8) is 0 Å². The predicted molar refractivity (Wildman–Crippen MR) is 127 cm³/mol. The summed E-state index contributed by atoms with van der Waals surface area (Å²) in [7, 11) is -3.69. The van der Waals surface area contributed by atoms with Gasteiger partial charge in [0.15, 0.2) is 0 Å². The van der Waals surface area contributed by atoms with Crippen LogP contribution in [0.4, 0.5) is 0 Å². The lowest BCUT2D eigenvalue weighted by Gasteiger charge is -2.37. The van der Waals surface area contributed by atoms with Crippen molar-refractivity contribution in [2.45, 2.75) is 64.5 Å². The van der Waals surface area contributed by atoms with Gasteiger partial charge in [-0.05, 0) is 55.4 Å². The average Bonchev–Trinajstić information content (AvgIpc) is 3.23. The fraction of sp³-hybridized carbons (Fsp3) is 0.577. The summed E-state index contributed by atoms with van der Waals surface area (Å²) in [6.45, 7) is 8.09. The normalized spacial score (nSPS) is 31.5. The largest absolute Gasteiger partial charge is 0.392 e. The zero-order valence-corrected chi connectivity index (χ0v) is 19.9. The minimum Gasteiger partial charge on any atom is -0.392 e. The molecular formula is C26H35NO4S. The summed E-state index contributed by atoms with van der Waals surface area (Å²) >= 11 is 0. The Morgan fingerprint density at radius 2 is 2.03 bits per heavy atom. The van der Waals surface area contributed by atoms with Crippen molar-refractivity contribution in [3.8, 4) is 0 Å². The molecule has 1 heterocycles. The number of fused-ring (bicyclic) bond motifs is 1. The van der Waals surface area contributed by atoms with Crippen LogP contribution in [-0.2, 0) is 14.8 Å². The zero-order chi connectivity index (χ0) is 23.1. The molecule has 0 radical (unpaired) electrons. The lowest BCUT2D eigenvalue weighted by molar-refractivity contribution is -0.137. The van der Waals surface area contributed by atoms with Crippen molar-refractivity contribution in [3.05, 3.63) is 54.6 Å². The molecule has 1 spiro atoms. The first-order valence-electron chi connectivity index (χ1n) is 11.7. The van der Waals surface area contributed by atoms with Gasteiger partial charge in [-0.3, -0.25) is 4.79 Å². The van der Waals surface area contributed by atoms with Gasteiger partial charge >= 0.3 is 0 Å². The van der Waals surface area contributed by atoms with Crippen LogP contribution in [-0.4, -0.2) is 41.6 Å². The Hall–Kier alpha value is -1.92. The minimum absolute atomic E-state index is 0.0522. The van der Waals surface area contributed by atoms with E-state index in [2.05, 4.69) is 20.4 Å². The van der Waals surface area contributed by atoms with Gasteiger partial charge < -0.3 is 5.11 Å². The first-order chi connectivity index (χ1) is 15.1. The maximum atomic E-state index is 13.6. The van der Waals surface area contributed by atoms with Crippen LogP contribution in [0.25, 0.3) is 6.08 Å². The molecule has 6 heteroatoms. The summed E-state index contributed by atoms with van der Waals surface area (Å²) in [5, 5.41) is 10.9. The first-order valence-corrected chi connectivity index (χ1v) is 13.3. The summed E-state index contributed by atoms with van der Waals surface area (Å²) in [6.07, 6.45) is 8.56. The van der Waals surface area contributed by atoms with Crippen LogP contribution in [0.5, 0.6) is 0 Å². The van der Waals surface area contributed by atoms with E-state index in [9.17, 15) is 18.3 Å². The lowest BCUT2D eigenvalue weighted by Crippen LogP contribution is -2.48. The Kier molecular flexibility index (Phi) is 6.14. The maximum Gasteiger partial charge on any atom is 0.242 e. The molecular weight excluding hydrogens is 422 g/mol. The molecule has 1 aliphatic heterocycles. The van der Waals surface area contributed by atoms with Crippen molar-refractivity contribution < 1.29 is 18.3 Å². The molecule has 5 atom stereocenters. The standard InChI is InChI=1S/C26H35NO4S/c1-4-10-21(22(28)14-9-8-13-19-11-6-5-7-12-19)24(29)27-23-17-20-15-16-26(23,25(20,2)3)18-32(27,30)31/h4-8,11-13,20-23,28H,1,9-10,14-18H2,2-3H3/b13-8-/t20-,21-,22+,23-,26-/m1/s1. The summed E-state index contributed by atoms with van der Waals surface area (Å²) in [4.78, 5) is 13.6. The Bertz CT molecular complexity index is 1000. The van der Waals surface area contributed by atoms with Crippen molar-refractivity contribution in [1.82, 2.24) is 4.31 Å². The van der Waals surface area contributed by atoms with Crippen molar-refractivity contribution in [2.75, 3.05) is 5.75 Å². The molecule has 32 heavy (non-hydrogen) atoms. The number of aliphatic hydroxyl groups is 1. The van der Waals surface area contributed by atoms with E-state index in [1.807, 2.05) is 42.5 Å². The van der Waals surface area contributed by atoms with Gasteiger partial charge in [0.2, 0.25) is 15.9 Å². The molecule has 1 N–H and O–H groups in total. The van der Waals surface area contributed by atoms with Crippen LogP contribution in [0.15, 0.2) is 49.1 Å². The average molecular weight is 458 g/mol. The number of sulfonamides is 1. The molecule has 1 amide bonds. The molecule has 3 fully saturated rings. The minimum atomic E-state index is -3.69. The molecule has 174 valence electrons. The van der Waals surface area contributed by atoms with Crippen LogP contribution in [0.3, 0.4) is 0 Å². The third-order valence-corrected chi connectivity index (χ3v) is 10.5. The van der Waals surface area contributed by atoms with Crippen LogP contribution in [0.1, 0.15) is 57.9 Å². The number of allylic oxidation sites excluding steroid dienone is 2. The topological polar surface area (TPSA) is 74.7 Å². The van der Waals surface area contributed by atoms with E-state index in [1.165, 1.54) is 4.31 Å². The highest BCUT2D eigenvalue weighted by molar-refractivity contribution is 7.90. The summed E-state index contributed by atoms with van der Waals surface area (Å²) in [5.74, 6) is -0.736. The number of rotatable bonds is 8. The number of hydrogen-bond acceptors (Lipinski definition) is 4.